The minimum absolute atomic E-state index is 0.0125. The van der Waals surface area contributed by atoms with E-state index in [0.717, 1.165) is 11.1 Å². The molecule has 0 bridgehead atoms. The second kappa shape index (κ2) is 9.18. The standard InChI is InChI=1S/C22H23ClN2OS/c1-16-5-9-18(10-6-16)22(20-4-3-13-27-20)24-14-21(26)25(2)15-17-7-11-19(23)12-8-17/h3-13,22,24H,14-15H2,1-2H3/t22-/m1/s1. The summed E-state index contributed by atoms with van der Waals surface area (Å²) >= 11 is 7.62. The summed E-state index contributed by atoms with van der Waals surface area (Å²) in [5, 5.41) is 6.19. The second-order valence-corrected chi connectivity index (χ2v) is 8.03. The summed E-state index contributed by atoms with van der Waals surface area (Å²) in [7, 11) is 1.82. The summed E-state index contributed by atoms with van der Waals surface area (Å²) < 4.78 is 0. The summed E-state index contributed by atoms with van der Waals surface area (Å²) in [6, 6.07) is 20.2. The Labute approximate surface area is 169 Å². The number of nitrogens with one attached hydrogen (secondary N) is 1. The number of amides is 1. The fourth-order valence-electron chi connectivity index (χ4n) is 2.87. The zero-order chi connectivity index (χ0) is 19.2. The van der Waals surface area contributed by atoms with Gasteiger partial charge in [0.05, 0.1) is 12.6 Å². The van der Waals surface area contributed by atoms with Crippen LogP contribution in [-0.2, 0) is 11.3 Å². The lowest BCUT2D eigenvalue weighted by molar-refractivity contribution is -0.129. The molecule has 0 fully saturated rings. The van der Waals surface area contributed by atoms with E-state index in [1.807, 2.05) is 37.4 Å². The normalized spacial score (nSPS) is 12.0. The lowest BCUT2D eigenvalue weighted by atomic mass is 10.0. The van der Waals surface area contributed by atoms with Gasteiger partial charge in [-0.3, -0.25) is 10.1 Å². The molecule has 0 saturated heterocycles. The molecule has 0 spiro atoms. The SMILES string of the molecule is Cc1ccc([C@@H](NCC(=O)N(C)Cc2ccc(Cl)cc2)c2cccs2)cc1. The van der Waals surface area contributed by atoms with E-state index in [9.17, 15) is 4.79 Å². The van der Waals surface area contributed by atoms with E-state index >= 15 is 0 Å². The number of thiophene rings is 1. The van der Waals surface area contributed by atoms with E-state index in [1.165, 1.54) is 10.4 Å². The third kappa shape index (κ3) is 5.42. The van der Waals surface area contributed by atoms with Crippen molar-refractivity contribution in [3.05, 3.63) is 92.6 Å². The van der Waals surface area contributed by atoms with Gasteiger partial charge in [0.15, 0.2) is 0 Å². The van der Waals surface area contributed by atoms with Crippen molar-refractivity contribution in [1.29, 1.82) is 0 Å². The Morgan fingerprint density at radius 3 is 2.44 bits per heavy atom. The maximum absolute atomic E-state index is 12.6. The van der Waals surface area contributed by atoms with Crippen LogP contribution in [0.15, 0.2) is 66.0 Å². The molecule has 1 atom stereocenters. The first-order valence-corrected chi connectivity index (χ1v) is 10.1. The quantitative estimate of drug-likeness (QED) is 0.604. The Bertz CT molecular complexity index is 860. The Kier molecular flexibility index (Phi) is 6.67. The van der Waals surface area contributed by atoms with Crippen LogP contribution in [0.5, 0.6) is 0 Å². The van der Waals surface area contributed by atoms with Crippen molar-refractivity contribution in [3.8, 4) is 0 Å². The topological polar surface area (TPSA) is 32.3 Å². The molecular weight excluding hydrogens is 376 g/mol. The average Bonchev–Trinajstić information content (AvgIpc) is 3.19. The van der Waals surface area contributed by atoms with Gasteiger partial charge in [-0.25, -0.2) is 0 Å². The number of nitrogens with zero attached hydrogens (tertiary/aromatic N) is 1. The number of rotatable bonds is 7. The zero-order valence-electron chi connectivity index (χ0n) is 15.5. The van der Waals surface area contributed by atoms with Gasteiger partial charge in [-0.1, -0.05) is 59.6 Å². The molecule has 5 heteroatoms. The summed E-state index contributed by atoms with van der Waals surface area (Å²) in [5.74, 6) is 0.0543. The molecule has 0 aliphatic rings. The summed E-state index contributed by atoms with van der Waals surface area (Å²) in [6.07, 6.45) is 0. The summed E-state index contributed by atoms with van der Waals surface area (Å²) in [6.45, 7) is 2.92. The number of carbonyl (C=O) groups is 1. The molecule has 1 N–H and O–H groups in total. The molecule has 0 aliphatic heterocycles. The predicted molar refractivity (Wildman–Crippen MR) is 113 cm³/mol. The van der Waals surface area contributed by atoms with Gasteiger partial charge in [-0.05, 0) is 41.6 Å². The number of benzene rings is 2. The van der Waals surface area contributed by atoms with E-state index in [0.29, 0.717) is 11.6 Å². The largest absolute Gasteiger partial charge is 0.340 e. The fraction of sp³-hybridized carbons (Fsp3) is 0.227. The van der Waals surface area contributed by atoms with Crippen molar-refractivity contribution in [2.45, 2.75) is 19.5 Å². The lowest BCUT2D eigenvalue weighted by Gasteiger charge is -2.22. The number of hydrogen-bond acceptors (Lipinski definition) is 3. The fourth-order valence-corrected chi connectivity index (χ4v) is 3.83. The van der Waals surface area contributed by atoms with Crippen molar-refractivity contribution >= 4 is 28.8 Å². The van der Waals surface area contributed by atoms with Gasteiger partial charge in [0.2, 0.25) is 5.91 Å². The number of halogens is 1. The van der Waals surface area contributed by atoms with E-state index in [-0.39, 0.29) is 18.5 Å². The number of aryl methyl sites for hydroxylation is 1. The summed E-state index contributed by atoms with van der Waals surface area (Å²) in [5.41, 5.74) is 3.45. The van der Waals surface area contributed by atoms with Gasteiger partial charge >= 0.3 is 0 Å². The molecular formula is C22H23ClN2OS. The van der Waals surface area contributed by atoms with Gasteiger partial charge in [-0.2, -0.15) is 0 Å². The Balaban J connectivity index is 1.65. The van der Waals surface area contributed by atoms with Gasteiger partial charge < -0.3 is 4.90 Å². The molecule has 3 rings (SSSR count). The van der Waals surface area contributed by atoms with Crippen molar-refractivity contribution in [2.75, 3.05) is 13.6 Å². The molecule has 1 heterocycles. The van der Waals surface area contributed by atoms with Crippen LogP contribution < -0.4 is 5.32 Å². The average molecular weight is 399 g/mol. The van der Waals surface area contributed by atoms with Crippen molar-refractivity contribution < 1.29 is 4.79 Å². The third-order valence-electron chi connectivity index (χ3n) is 4.45. The smallest absolute Gasteiger partial charge is 0.236 e. The highest BCUT2D eigenvalue weighted by molar-refractivity contribution is 7.10. The van der Waals surface area contributed by atoms with Crippen LogP contribution in [0, 0.1) is 6.92 Å². The minimum atomic E-state index is 0.0125. The number of likely N-dealkylation sites (N-methyl/N-ethyl adjacent to an activating group) is 1. The lowest BCUT2D eigenvalue weighted by Crippen LogP contribution is -2.36. The first kappa shape index (κ1) is 19.6. The predicted octanol–water partition coefficient (Wildman–Crippen LogP) is 5.05. The van der Waals surface area contributed by atoms with E-state index in [1.54, 1.807) is 16.2 Å². The van der Waals surface area contributed by atoms with Crippen LogP contribution >= 0.6 is 22.9 Å². The molecule has 1 amide bonds. The Hall–Kier alpha value is -2.14. The van der Waals surface area contributed by atoms with Crippen LogP contribution in [0.1, 0.15) is 27.6 Å². The van der Waals surface area contributed by atoms with E-state index in [4.69, 9.17) is 11.6 Å². The third-order valence-corrected chi connectivity index (χ3v) is 5.64. The highest BCUT2D eigenvalue weighted by atomic mass is 35.5. The van der Waals surface area contributed by atoms with Crippen molar-refractivity contribution in [1.82, 2.24) is 10.2 Å². The van der Waals surface area contributed by atoms with Gasteiger partial charge in [0.1, 0.15) is 0 Å². The maximum Gasteiger partial charge on any atom is 0.236 e. The first-order chi connectivity index (χ1) is 13.0. The molecule has 0 radical (unpaired) electrons. The number of hydrogen-bond donors (Lipinski definition) is 1. The van der Waals surface area contributed by atoms with Gasteiger partial charge in [0, 0.05) is 23.5 Å². The van der Waals surface area contributed by atoms with Crippen LogP contribution in [0.3, 0.4) is 0 Å². The molecule has 0 saturated carbocycles. The first-order valence-electron chi connectivity index (χ1n) is 8.84. The van der Waals surface area contributed by atoms with E-state index in [2.05, 4.69) is 48.0 Å². The van der Waals surface area contributed by atoms with Crippen LogP contribution in [0.25, 0.3) is 0 Å². The van der Waals surface area contributed by atoms with Crippen LogP contribution in [0.2, 0.25) is 5.02 Å². The minimum Gasteiger partial charge on any atom is -0.340 e. The molecule has 3 nitrogen and oxygen atoms in total. The van der Waals surface area contributed by atoms with Gasteiger partial charge in [0.25, 0.3) is 0 Å². The van der Waals surface area contributed by atoms with Crippen molar-refractivity contribution in [2.24, 2.45) is 0 Å². The van der Waals surface area contributed by atoms with Gasteiger partial charge in [-0.15, -0.1) is 11.3 Å². The Morgan fingerprint density at radius 2 is 1.81 bits per heavy atom. The zero-order valence-corrected chi connectivity index (χ0v) is 17.1. The van der Waals surface area contributed by atoms with Crippen LogP contribution in [0.4, 0.5) is 0 Å². The molecule has 2 aromatic carbocycles. The summed E-state index contributed by atoms with van der Waals surface area (Å²) in [4.78, 5) is 15.5. The van der Waals surface area contributed by atoms with Crippen molar-refractivity contribution in [3.63, 3.8) is 0 Å². The maximum atomic E-state index is 12.6. The molecule has 27 heavy (non-hydrogen) atoms. The highest BCUT2D eigenvalue weighted by Gasteiger charge is 2.17. The monoisotopic (exact) mass is 398 g/mol. The second-order valence-electron chi connectivity index (χ2n) is 6.62. The van der Waals surface area contributed by atoms with E-state index < -0.39 is 0 Å². The molecule has 140 valence electrons. The molecule has 1 aromatic heterocycles. The molecule has 0 unspecified atom stereocenters. The number of carbonyl (C=O) groups excluding carboxylic acids is 1. The molecule has 3 aromatic rings. The van der Waals surface area contributed by atoms with Crippen LogP contribution in [-0.4, -0.2) is 24.4 Å². The molecule has 0 aliphatic carbocycles. The Morgan fingerprint density at radius 1 is 1.11 bits per heavy atom. The highest BCUT2D eigenvalue weighted by Crippen LogP contribution is 2.26.